The summed E-state index contributed by atoms with van der Waals surface area (Å²) in [7, 11) is 0. The Kier molecular flexibility index (Phi) is 4.48. The predicted octanol–water partition coefficient (Wildman–Crippen LogP) is 3.15. The fraction of sp³-hybridized carbons (Fsp3) is 0.176. The Labute approximate surface area is 137 Å². The molecular weight excluding hydrogens is 320 g/mol. The van der Waals surface area contributed by atoms with E-state index in [1.807, 2.05) is 0 Å². The highest BCUT2D eigenvalue weighted by atomic mass is 35.5. The lowest BCUT2D eigenvalue weighted by atomic mass is 10.1. The minimum absolute atomic E-state index is 0.299. The number of fused-ring (bicyclic) bond motifs is 1. The molecule has 0 unspecified atom stereocenters. The SMILES string of the molecule is O=C(COC(=O)c1ccc2c(c1)OCCO2)c1ccc(Cl)cc1. The number of benzene rings is 2. The summed E-state index contributed by atoms with van der Waals surface area (Å²) in [5, 5.41) is 0.537. The van der Waals surface area contributed by atoms with Gasteiger partial charge < -0.3 is 14.2 Å². The molecule has 0 atom stereocenters. The summed E-state index contributed by atoms with van der Waals surface area (Å²) in [6.07, 6.45) is 0. The molecule has 1 heterocycles. The van der Waals surface area contributed by atoms with Crippen LogP contribution in [0.25, 0.3) is 0 Å². The Balaban J connectivity index is 1.63. The smallest absolute Gasteiger partial charge is 0.338 e. The number of rotatable bonds is 4. The van der Waals surface area contributed by atoms with E-state index in [1.54, 1.807) is 42.5 Å². The van der Waals surface area contributed by atoms with Crippen LogP contribution in [0.2, 0.25) is 5.02 Å². The summed E-state index contributed by atoms with van der Waals surface area (Å²) in [6.45, 7) is 0.571. The highest BCUT2D eigenvalue weighted by molar-refractivity contribution is 6.30. The van der Waals surface area contributed by atoms with Gasteiger partial charge in [0, 0.05) is 10.6 Å². The minimum Gasteiger partial charge on any atom is -0.486 e. The number of esters is 1. The van der Waals surface area contributed by atoms with Gasteiger partial charge in [-0.1, -0.05) is 11.6 Å². The lowest BCUT2D eigenvalue weighted by molar-refractivity contribution is 0.0474. The third-order valence-electron chi connectivity index (χ3n) is 3.28. The van der Waals surface area contributed by atoms with E-state index in [4.69, 9.17) is 25.8 Å². The quantitative estimate of drug-likeness (QED) is 0.635. The van der Waals surface area contributed by atoms with E-state index in [-0.39, 0.29) is 12.4 Å². The molecule has 23 heavy (non-hydrogen) atoms. The van der Waals surface area contributed by atoms with Crippen LogP contribution in [0.1, 0.15) is 20.7 Å². The Morgan fingerprint density at radius 3 is 2.35 bits per heavy atom. The van der Waals surface area contributed by atoms with Gasteiger partial charge in [-0.15, -0.1) is 0 Å². The maximum absolute atomic E-state index is 12.0. The third kappa shape index (κ3) is 3.63. The normalized spacial score (nSPS) is 12.6. The van der Waals surface area contributed by atoms with Gasteiger partial charge in [0.1, 0.15) is 13.2 Å². The molecule has 6 heteroatoms. The molecule has 0 saturated carbocycles. The zero-order valence-electron chi connectivity index (χ0n) is 12.1. The van der Waals surface area contributed by atoms with Crippen LogP contribution in [0.3, 0.4) is 0 Å². The molecule has 3 rings (SSSR count). The second kappa shape index (κ2) is 6.71. The van der Waals surface area contributed by atoms with Crippen molar-refractivity contribution >= 4 is 23.4 Å². The molecule has 5 nitrogen and oxygen atoms in total. The minimum atomic E-state index is -0.593. The zero-order chi connectivity index (χ0) is 16.2. The first-order valence-corrected chi connectivity index (χ1v) is 7.37. The molecule has 0 aromatic heterocycles. The van der Waals surface area contributed by atoms with Gasteiger partial charge in [0.15, 0.2) is 23.9 Å². The Morgan fingerprint density at radius 1 is 0.957 bits per heavy atom. The standard InChI is InChI=1S/C17H13ClO5/c18-13-4-1-11(2-5-13)14(19)10-23-17(20)12-3-6-15-16(9-12)22-8-7-21-15/h1-6,9H,7-8,10H2. The molecule has 0 bridgehead atoms. The van der Waals surface area contributed by atoms with Gasteiger partial charge in [-0.2, -0.15) is 0 Å². The van der Waals surface area contributed by atoms with Crippen LogP contribution >= 0.6 is 11.6 Å². The summed E-state index contributed by atoms with van der Waals surface area (Å²) in [4.78, 5) is 24.0. The molecule has 2 aromatic rings. The molecule has 1 aliphatic rings. The average Bonchev–Trinajstić information content (AvgIpc) is 2.59. The third-order valence-corrected chi connectivity index (χ3v) is 3.53. The predicted molar refractivity (Wildman–Crippen MR) is 83.5 cm³/mol. The molecule has 2 aromatic carbocycles. The first kappa shape index (κ1) is 15.4. The van der Waals surface area contributed by atoms with Crippen LogP contribution in [0, 0.1) is 0 Å². The number of hydrogen-bond donors (Lipinski definition) is 0. The molecule has 118 valence electrons. The summed E-state index contributed by atoms with van der Waals surface area (Å²) in [5.41, 5.74) is 0.738. The van der Waals surface area contributed by atoms with Crippen LogP contribution < -0.4 is 9.47 Å². The summed E-state index contributed by atoms with van der Waals surface area (Å²) in [5.74, 6) is 0.191. The highest BCUT2D eigenvalue weighted by Gasteiger charge is 2.17. The van der Waals surface area contributed by atoms with E-state index < -0.39 is 5.97 Å². The number of carbonyl (C=O) groups excluding carboxylic acids is 2. The number of ether oxygens (including phenoxy) is 3. The van der Waals surface area contributed by atoms with Gasteiger partial charge in [0.2, 0.25) is 0 Å². The van der Waals surface area contributed by atoms with E-state index in [1.165, 1.54) is 0 Å². The van der Waals surface area contributed by atoms with Crippen LogP contribution in [0.5, 0.6) is 11.5 Å². The number of Topliss-reactive ketones (excluding diaryl/α,β-unsaturated/α-hetero) is 1. The van der Waals surface area contributed by atoms with Crippen molar-refractivity contribution in [1.82, 2.24) is 0 Å². The van der Waals surface area contributed by atoms with E-state index >= 15 is 0 Å². The van der Waals surface area contributed by atoms with Gasteiger partial charge in [0.05, 0.1) is 5.56 Å². The maximum atomic E-state index is 12.0. The van der Waals surface area contributed by atoms with Crippen LogP contribution in [0.15, 0.2) is 42.5 Å². The molecule has 0 saturated heterocycles. The van der Waals surface area contributed by atoms with Crippen molar-refractivity contribution in [3.05, 3.63) is 58.6 Å². The Morgan fingerprint density at radius 2 is 1.61 bits per heavy atom. The van der Waals surface area contributed by atoms with E-state index in [0.717, 1.165) is 0 Å². The maximum Gasteiger partial charge on any atom is 0.338 e. The lowest BCUT2D eigenvalue weighted by Gasteiger charge is -2.18. The Hall–Kier alpha value is -2.53. The largest absolute Gasteiger partial charge is 0.486 e. The molecule has 0 spiro atoms. The highest BCUT2D eigenvalue weighted by Crippen LogP contribution is 2.30. The average molecular weight is 333 g/mol. The molecule has 0 amide bonds. The summed E-state index contributed by atoms with van der Waals surface area (Å²) < 4.78 is 15.8. The van der Waals surface area contributed by atoms with Gasteiger partial charge in [0.25, 0.3) is 0 Å². The van der Waals surface area contributed by atoms with Crippen molar-refractivity contribution in [3.63, 3.8) is 0 Å². The van der Waals surface area contributed by atoms with Gasteiger partial charge in [-0.05, 0) is 42.5 Å². The summed E-state index contributed by atoms with van der Waals surface area (Å²) in [6, 6.07) is 11.2. The van der Waals surface area contributed by atoms with Crippen LogP contribution in [-0.2, 0) is 4.74 Å². The van der Waals surface area contributed by atoms with Gasteiger partial charge in [-0.3, -0.25) is 4.79 Å². The molecule has 0 aliphatic carbocycles. The first-order chi connectivity index (χ1) is 11.1. The van der Waals surface area contributed by atoms with E-state index in [2.05, 4.69) is 0 Å². The molecule has 0 N–H and O–H groups in total. The second-order valence-electron chi connectivity index (χ2n) is 4.86. The number of ketones is 1. The number of halogens is 1. The number of carbonyl (C=O) groups is 2. The van der Waals surface area contributed by atoms with Crippen molar-refractivity contribution in [2.45, 2.75) is 0 Å². The molecule has 1 aliphatic heterocycles. The van der Waals surface area contributed by atoms with E-state index in [9.17, 15) is 9.59 Å². The van der Waals surface area contributed by atoms with Crippen molar-refractivity contribution < 1.29 is 23.8 Å². The fourth-order valence-corrected chi connectivity index (χ4v) is 2.23. The topological polar surface area (TPSA) is 61.8 Å². The van der Waals surface area contributed by atoms with Crippen LogP contribution in [-0.4, -0.2) is 31.6 Å². The summed E-state index contributed by atoms with van der Waals surface area (Å²) >= 11 is 5.76. The lowest BCUT2D eigenvalue weighted by Crippen LogP contribution is -2.17. The number of hydrogen-bond acceptors (Lipinski definition) is 5. The molecule has 0 radical (unpaired) electrons. The van der Waals surface area contributed by atoms with Crippen molar-refractivity contribution in [2.24, 2.45) is 0 Å². The molecule has 0 fully saturated rings. The molecular formula is C17H13ClO5. The second-order valence-corrected chi connectivity index (χ2v) is 5.30. The van der Waals surface area contributed by atoms with Crippen LogP contribution in [0.4, 0.5) is 0 Å². The van der Waals surface area contributed by atoms with Crippen molar-refractivity contribution in [1.29, 1.82) is 0 Å². The first-order valence-electron chi connectivity index (χ1n) is 6.99. The van der Waals surface area contributed by atoms with Gasteiger partial charge in [-0.25, -0.2) is 4.79 Å². The zero-order valence-corrected chi connectivity index (χ0v) is 12.8. The monoisotopic (exact) mass is 332 g/mol. The van der Waals surface area contributed by atoms with Gasteiger partial charge >= 0.3 is 5.97 Å². The van der Waals surface area contributed by atoms with Crippen molar-refractivity contribution in [3.8, 4) is 11.5 Å². The van der Waals surface area contributed by atoms with E-state index in [0.29, 0.717) is 40.9 Å². The Bertz CT molecular complexity index is 739. The van der Waals surface area contributed by atoms with Crippen molar-refractivity contribution in [2.75, 3.05) is 19.8 Å². The fourth-order valence-electron chi connectivity index (χ4n) is 2.10.